The fourth-order valence-corrected chi connectivity index (χ4v) is 2.10. The highest BCUT2D eigenvalue weighted by molar-refractivity contribution is 5.33. The molecule has 0 fully saturated rings. The van der Waals surface area contributed by atoms with Gasteiger partial charge in [0.1, 0.15) is 5.75 Å². The molecule has 0 amide bonds. The molecule has 5 heteroatoms. The summed E-state index contributed by atoms with van der Waals surface area (Å²) in [6.07, 6.45) is 0.806. The number of hydrogen-bond donors (Lipinski definition) is 2. The fraction of sp³-hybridized carbons (Fsp3) is 0.250. The lowest BCUT2D eigenvalue weighted by atomic mass is 10.1. The minimum Gasteiger partial charge on any atom is -0.508 e. The van der Waals surface area contributed by atoms with E-state index in [1.54, 1.807) is 24.3 Å². The van der Waals surface area contributed by atoms with Crippen molar-refractivity contribution in [3.8, 4) is 5.75 Å². The van der Waals surface area contributed by atoms with Crippen molar-refractivity contribution >= 4 is 5.69 Å². The van der Waals surface area contributed by atoms with Crippen LogP contribution in [0.5, 0.6) is 5.75 Å². The van der Waals surface area contributed by atoms with E-state index in [4.69, 9.17) is 0 Å². The van der Waals surface area contributed by atoms with Gasteiger partial charge in [-0.05, 0) is 43.1 Å². The van der Waals surface area contributed by atoms with Crippen LogP contribution in [-0.2, 0) is 6.42 Å². The van der Waals surface area contributed by atoms with Crippen molar-refractivity contribution in [1.82, 2.24) is 5.32 Å². The summed E-state index contributed by atoms with van der Waals surface area (Å²) < 4.78 is 0. The number of nitro benzene ring substituents is 1. The molecule has 0 saturated heterocycles. The highest BCUT2D eigenvalue weighted by Crippen LogP contribution is 2.16. The Balaban J connectivity index is 1.83. The number of phenolic OH excluding ortho intramolecular Hbond substituents is 1. The summed E-state index contributed by atoms with van der Waals surface area (Å²) in [7, 11) is 0. The Bertz CT molecular complexity index is 594. The van der Waals surface area contributed by atoms with Crippen LogP contribution in [-0.4, -0.2) is 16.6 Å². The molecule has 0 heterocycles. The lowest BCUT2D eigenvalue weighted by Crippen LogP contribution is -2.21. The number of rotatable bonds is 6. The monoisotopic (exact) mass is 286 g/mol. The summed E-state index contributed by atoms with van der Waals surface area (Å²) in [4.78, 5) is 10.2. The van der Waals surface area contributed by atoms with Crippen LogP contribution in [0.2, 0.25) is 0 Å². The first-order chi connectivity index (χ1) is 10.1. The summed E-state index contributed by atoms with van der Waals surface area (Å²) in [5.74, 6) is 0.261. The second-order valence-corrected chi connectivity index (χ2v) is 4.94. The summed E-state index contributed by atoms with van der Waals surface area (Å²) in [6.45, 7) is 2.84. The van der Waals surface area contributed by atoms with Gasteiger partial charge in [-0.2, -0.15) is 0 Å². The van der Waals surface area contributed by atoms with Crippen molar-refractivity contribution in [3.05, 3.63) is 69.8 Å². The number of nitrogens with zero attached hydrogens (tertiary/aromatic N) is 1. The van der Waals surface area contributed by atoms with Crippen LogP contribution in [0.4, 0.5) is 5.69 Å². The van der Waals surface area contributed by atoms with Gasteiger partial charge in [0, 0.05) is 18.2 Å². The van der Waals surface area contributed by atoms with E-state index in [9.17, 15) is 15.2 Å². The van der Waals surface area contributed by atoms with Crippen LogP contribution in [0, 0.1) is 10.1 Å². The van der Waals surface area contributed by atoms with Crippen molar-refractivity contribution in [2.24, 2.45) is 0 Å². The molecule has 0 radical (unpaired) electrons. The van der Waals surface area contributed by atoms with Crippen LogP contribution in [0.3, 0.4) is 0 Å². The predicted octanol–water partition coefficient (Wildman–Crippen LogP) is 3.19. The molecule has 0 aliphatic carbocycles. The maximum absolute atomic E-state index is 10.6. The van der Waals surface area contributed by atoms with Crippen LogP contribution < -0.4 is 5.32 Å². The Morgan fingerprint density at radius 2 is 1.76 bits per heavy atom. The van der Waals surface area contributed by atoms with Crippen molar-refractivity contribution in [3.63, 3.8) is 0 Å². The lowest BCUT2D eigenvalue weighted by Gasteiger charge is -2.14. The molecule has 2 rings (SSSR count). The molecule has 0 spiro atoms. The second kappa shape index (κ2) is 6.85. The van der Waals surface area contributed by atoms with Crippen LogP contribution in [0.1, 0.15) is 24.1 Å². The minimum absolute atomic E-state index is 0.115. The quantitative estimate of drug-likeness (QED) is 0.631. The van der Waals surface area contributed by atoms with E-state index in [1.807, 2.05) is 12.1 Å². The molecule has 110 valence electrons. The first-order valence-corrected chi connectivity index (χ1v) is 6.82. The Kier molecular flexibility index (Phi) is 4.90. The van der Waals surface area contributed by atoms with Gasteiger partial charge in [-0.15, -0.1) is 0 Å². The molecule has 2 aromatic carbocycles. The van der Waals surface area contributed by atoms with Gasteiger partial charge >= 0.3 is 0 Å². The molecule has 1 unspecified atom stereocenters. The molecular weight excluding hydrogens is 268 g/mol. The van der Waals surface area contributed by atoms with E-state index < -0.39 is 4.92 Å². The summed E-state index contributed by atoms with van der Waals surface area (Å²) >= 11 is 0. The molecular formula is C16H18N2O3. The normalized spacial score (nSPS) is 12.0. The van der Waals surface area contributed by atoms with Gasteiger partial charge in [0.15, 0.2) is 0 Å². The van der Waals surface area contributed by atoms with E-state index in [0.29, 0.717) is 0 Å². The number of nitro groups is 1. The average Bonchev–Trinajstić information content (AvgIpc) is 2.48. The van der Waals surface area contributed by atoms with Gasteiger partial charge < -0.3 is 10.4 Å². The zero-order chi connectivity index (χ0) is 15.2. The third kappa shape index (κ3) is 4.29. The Morgan fingerprint density at radius 3 is 2.33 bits per heavy atom. The van der Waals surface area contributed by atoms with E-state index in [2.05, 4.69) is 12.2 Å². The number of phenols is 1. The second-order valence-electron chi connectivity index (χ2n) is 4.94. The highest BCUT2D eigenvalue weighted by Gasteiger charge is 2.06. The maximum Gasteiger partial charge on any atom is 0.269 e. The number of aromatic hydroxyl groups is 1. The van der Waals surface area contributed by atoms with Crippen molar-refractivity contribution in [1.29, 1.82) is 0 Å². The average molecular weight is 286 g/mol. The molecule has 0 aliphatic heterocycles. The van der Waals surface area contributed by atoms with Crippen LogP contribution >= 0.6 is 0 Å². The number of benzene rings is 2. The first kappa shape index (κ1) is 15.0. The molecule has 0 bridgehead atoms. The smallest absolute Gasteiger partial charge is 0.269 e. The van der Waals surface area contributed by atoms with Gasteiger partial charge in [-0.1, -0.05) is 24.3 Å². The van der Waals surface area contributed by atoms with Gasteiger partial charge in [0.05, 0.1) is 4.92 Å². The lowest BCUT2D eigenvalue weighted by molar-refractivity contribution is -0.384. The molecule has 1 atom stereocenters. The number of non-ortho nitro benzene ring substituents is 1. The van der Waals surface area contributed by atoms with Crippen molar-refractivity contribution in [2.45, 2.75) is 19.4 Å². The number of nitrogens with one attached hydrogen (secondary N) is 1. The predicted molar refractivity (Wildman–Crippen MR) is 81.3 cm³/mol. The highest BCUT2D eigenvalue weighted by atomic mass is 16.6. The van der Waals surface area contributed by atoms with E-state index >= 15 is 0 Å². The van der Waals surface area contributed by atoms with Crippen LogP contribution in [0.25, 0.3) is 0 Å². The zero-order valence-electron chi connectivity index (χ0n) is 11.8. The van der Waals surface area contributed by atoms with E-state index in [0.717, 1.165) is 24.1 Å². The maximum atomic E-state index is 10.6. The summed E-state index contributed by atoms with van der Waals surface area (Å²) in [6, 6.07) is 13.9. The van der Waals surface area contributed by atoms with Gasteiger partial charge in [-0.3, -0.25) is 10.1 Å². The molecule has 2 N–H and O–H groups in total. The molecule has 5 nitrogen and oxygen atoms in total. The molecule has 0 saturated carbocycles. The third-order valence-electron chi connectivity index (χ3n) is 3.40. The minimum atomic E-state index is -0.394. The van der Waals surface area contributed by atoms with Crippen LogP contribution in [0.15, 0.2) is 48.5 Å². The standard InChI is InChI=1S/C16H18N2O3/c1-12(14-4-8-16(19)9-5-14)17-11-10-13-2-6-15(7-3-13)18(20)21/h2-9,12,17,19H,10-11H2,1H3. The molecule has 21 heavy (non-hydrogen) atoms. The van der Waals surface area contributed by atoms with Gasteiger partial charge in [0.2, 0.25) is 0 Å². The summed E-state index contributed by atoms with van der Waals surface area (Å²) in [5, 5.41) is 23.2. The number of hydrogen-bond acceptors (Lipinski definition) is 4. The first-order valence-electron chi connectivity index (χ1n) is 6.82. The Morgan fingerprint density at radius 1 is 1.14 bits per heavy atom. The summed E-state index contributed by atoms with van der Waals surface area (Å²) in [5.41, 5.74) is 2.28. The van der Waals surface area contributed by atoms with Gasteiger partial charge in [-0.25, -0.2) is 0 Å². The Labute approximate surface area is 123 Å². The SMILES string of the molecule is CC(NCCc1ccc([N+](=O)[O-])cc1)c1ccc(O)cc1. The largest absolute Gasteiger partial charge is 0.508 e. The Hall–Kier alpha value is -2.40. The topological polar surface area (TPSA) is 75.4 Å². The van der Waals surface area contributed by atoms with E-state index in [1.165, 1.54) is 12.1 Å². The van der Waals surface area contributed by atoms with Gasteiger partial charge in [0.25, 0.3) is 5.69 Å². The van der Waals surface area contributed by atoms with E-state index in [-0.39, 0.29) is 17.5 Å². The fourth-order valence-electron chi connectivity index (χ4n) is 2.10. The molecule has 2 aromatic rings. The molecule has 0 aromatic heterocycles. The van der Waals surface area contributed by atoms with Crippen molar-refractivity contribution < 1.29 is 10.0 Å². The molecule has 0 aliphatic rings. The van der Waals surface area contributed by atoms with Crippen molar-refractivity contribution in [2.75, 3.05) is 6.54 Å². The third-order valence-corrected chi connectivity index (χ3v) is 3.40. The zero-order valence-corrected chi connectivity index (χ0v) is 11.8.